The Morgan fingerprint density at radius 1 is 1.59 bits per heavy atom. The number of nitrogen functional groups attached to an aromatic ring is 1. The number of halogens is 1. The lowest BCUT2D eigenvalue weighted by Gasteiger charge is -2.12. The summed E-state index contributed by atoms with van der Waals surface area (Å²) in [6.07, 6.45) is -0.430. The molecule has 0 spiro atoms. The molecule has 4 N–H and O–H groups in total. The van der Waals surface area contributed by atoms with Gasteiger partial charge >= 0.3 is 5.97 Å². The molecule has 0 aliphatic heterocycles. The molecule has 0 fully saturated rings. The van der Waals surface area contributed by atoms with Crippen LogP contribution in [0.3, 0.4) is 0 Å². The smallest absolute Gasteiger partial charge is 0.343 e. The number of carbonyl (C=O) groups is 1. The van der Waals surface area contributed by atoms with Gasteiger partial charge in [-0.3, -0.25) is 0 Å². The summed E-state index contributed by atoms with van der Waals surface area (Å²) in [6.45, 7) is 2.63. The van der Waals surface area contributed by atoms with Crippen LogP contribution >= 0.6 is 0 Å². The molecule has 0 saturated heterocycles. The first-order chi connectivity index (χ1) is 7.88. The van der Waals surface area contributed by atoms with Crippen LogP contribution in [0.4, 0.5) is 10.1 Å². The van der Waals surface area contributed by atoms with E-state index in [9.17, 15) is 14.3 Å². The SMILES string of the molecule is CC(C)OC(=O)c1c(N)cc(CO)c(O)c1F. The molecule has 94 valence electrons. The first-order valence-corrected chi connectivity index (χ1v) is 5.00. The third kappa shape index (κ3) is 2.65. The number of aliphatic hydroxyl groups is 1. The highest BCUT2D eigenvalue weighted by Gasteiger charge is 2.23. The zero-order valence-electron chi connectivity index (χ0n) is 9.53. The fourth-order valence-corrected chi connectivity index (χ4v) is 1.32. The first-order valence-electron chi connectivity index (χ1n) is 5.00. The fourth-order valence-electron chi connectivity index (χ4n) is 1.32. The largest absolute Gasteiger partial charge is 0.505 e. The van der Waals surface area contributed by atoms with Crippen LogP contribution in [0.1, 0.15) is 29.8 Å². The summed E-state index contributed by atoms with van der Waals surface area (Å²) in [5, 5.41) is 18.2. The van der Waals surface area contributed by atoms with Crippen molar-refractivity contribution >= 4 is 11.7 Å². The van der Waals surface area contributed by atoms with Gasteiger partial charge < -0.3 is 20.7 Å². The Morgan fingerprint density at radius 2 is 2.18 bits per heavy atom. The minimum Gasteiger partial charge on any atom is -0.505 e. The number of benzene rings is 1. The number of aromatic hydroxyl groups is 1. The topological polar surface area (TPSA) is 92.8 Å². The van der Waals surface area contributed by atoms with Gasteiger partial charge in [0.2, 0.25) is 0 Å². The van der Waals surface area contributed by atoms with Crippen molar-refractivity contribution in [1.82, 2.24) is 0 Å². The van der Waals surface area contributed by atoms with Gasteiger partial charge in [-0.2, -0.15) is 0 Å². The molecular formula is C11H14FNO4. The Kier molecular flexibility index (Phi) is 3.90. The van der Waals surface area contributed by atoms with E-state index in [0.717, 1.165) is 6.07 Å². The quantitative estimate of drug-likeness (QED) is 0.421. The van der Waals surface area contributed by atoms with Gasteiger partial charge in [-0.05, 0) is 19.9 Å². The molecule has 0 amide bonds. The van der Waals surface area contributed by atoms with Crippen molar-refractivity contribution in [3.05, 3.63) is 23.0 Å². The molecule has 0 unspecified atom stereocenters. The number of carbonyl (C=O) groups excluding carboxylic acids is 1. The highest BCUT2D eigenvalue weighted by atomic mass is 19.1. The highest BCUT2D eigenvalue weighted by Crippen LogP contribution is 2.30. The van der Waals surface area contributed by atoms with Crippen LogP contribution in [-0.2, 0) is 11.3 Å². The monoisotopic (exact) mass is 243 g/mol. The lowest BCUT2D eigenvalue weighted by Crippen LogP contribution is -2.15. The number of ether oxygens (including phenoxy) is 1. The second-order valence-corrected chi connectivity index (χ2v) is 3.77. The summed E-state index contributed by atoms with van der Waals surface area (Å²) >= 11 is 0. The fraction of sp³-hybridized carbons (Fsp3) is 0.364. The molecule has 0 heterocycles. The van der Waals surface area contributed by atoms with Crippen molar-refractivity contribution in [2.24, 2.45) is 0 Å². The molecule has 17 heavy (non-hydrogen) atoms. The molecule has 0 aliphatic carbocycles. The molecule has 0 aromatic heterocycles. The van der Waals surface area contributed by atoms with Gasteiger partial charge in [0.1, 0.15) is 5.56 Å². The van der Waals surface area contributed by atoms with Crippen LogP contribution in [0.25, 0.3) is 0 Å². The van der Waals surface area contributed by atoms with E-state index in [4.69, 9.17) is 15.6 Å². The number of hydrogen-bond donors (Lipinski definition) is 3. The van der Waals surface area contributed by atoms with Gasteiger partial charge in [0.05, 0.1) is 12.7 Å². The van der Waals surface area contributed by atoms with Crippen molar-refractivity contribution in [3.8, 4) is 5.75 Å². The van der Waals surface area contributed by atoms with Gasteiger partial charge in [0.25, 0.3) is 0 Å². The van der Waals surface area contributed by atoms with E-state index in [1.165, 1.54) is 0 Å². The second-order valence-electron chi connectivity index (χ2n) is 3.77. The van der Waals surface area contributed by atoms with E-state index in [1.807, 2.05) is 0 Å². The average molecular weight is 243 g/mol. The Balaban J connectivity index is 3.26. The number of rotatable bonds is 3. The maximum absolute atomic E-state index is 13.7. The Morgan fingerprint density at radius 3 is 2.65 bits per heavy atom. The Hall–Kier alpha value is -1.82. The van der Waals surface area contributed by atoms with Gasteiger partial charge in [-0.15, -0.1) is 0 Å². The number of aliphatic hydroxyl groups excluding tert-OH is 1. The predicted octanol–water partition coefficient (Wildman–Crippen LogP) is 1.17. The third-order valence-electron chi connectivity index (χ3n) is 2.07. The van der Waals surface area contributed by atoms with Crippen LogP contribution in [0, 0.1) is 5.82 Å². The lowest BCUT2D eigenvalue weighted by atomic mass is 10.1. The van der Waals surface area contributed by atoms with Gasteiger partial charge in [0.15, 0.2) is 11.6 Å². The molecule has 0 radical (unpaired) electrons. The molecule has 0 bridgehead atoms. The number of anilines is 1. The van der Waals surface area contributed by atoms with E-state index in [1.54, 1.807) is 13.8 Å². The van der Waals surface area contributed by atoms with Crippen LogP contribution in [0.5, 0.6) is 5.75 Å². The molecule has 0 aliphatic rings. The summed E-state index contributed by atoms with van der Waals surface area (Å²) in [7, 11) is 0. The third-order valence-corrected chi connectivity index (χ3v) is 2.07. The van der Waals surface area contributed by atoms with Crippen molar-refractivity contribution in [3.63, 3.8) is 0 Å². The molecule has 1 aromatic rings. The molecule has 6 heteroatoms. The maximum Gasteiger partial charge on any atom is 0.343 e. The minimum absolute atomic E-state index is 0.0823. The average Bonchev–Trinajstić information content (AvgIpc) is 2.22. The van der Waals surface area contributed by atoms with Crippen molar-refractivity contribution in [2.75, 3.05) is 5.73 Å². The maximum atomic E-state index is 13.7. The Labute approximate surface area is 97.6 Å². The van der Waals surface area contributed by atoms with Gasteiger partial charge in [-0.1, -0.05) is 0 Å². The molecule has 5 nitrogen and oxygen atoms in total. The summed E-state index contributed by atoms with van der Waals surface area (Å²) in [5.41, 5.74) is 4.69. The molecular weight excluding hydrogens is 229 g/mol. The molecule has 0 saturated carbocycles. The summed E-state index contributed by atoms with van der Waals surface area (Å²) in [4.78, 5) is 11.5. The van der Waals surface area contributed by atoms with E-state index < -0.39 is 35.8 Å². The van der Waals surface area contributed by atoms with Crippen molar-refractivity contribution < 1.29 is 24.1 Å². The second kappa shape index (κ2) is 5.01. The van der Waals surface area contributed by atoms with Crippen molar-refractivity contribution in [1.29, 1.82) is 0 Å². The van der Waals surface area contributed by atoms with E-state index >= 15 is 0 Å². The zero-order valence-corrected chi connectivity index (χ0v) is 9.53. The van der Waals surface area contributed by atoms with Crippen LogP contribution in [0.15, 0.2) is 6.07 Å². The molecule has 1 aromatic carbocycles. The predicted molar refractivity (Wildman–Crippen MR) is 59.0 cm³/mol. The standard InChI is InChI=1S/C11H14FNO4/c1-5(2)17-11(16)8-7(13)3-6(4-14)10(15)9(8)12/h3,5,14-15H,4,13H2,1-2H3. The van der Waals surface area contributed by atoms with E-state index in [-0.39, 0.29) is 11.3 Å². The molecule has 1 rings (SSSR count). The highest BCUT2D eigenvalue weighted by molar-refractivity contribution is 5.96. The minimum atomic E-state index is -1.18. The van der Waals surface area contributed by atoms with E-state index in [2.05, 4.69) is 0 Å². The number of hydrogen-bond acceptors (Lipinski definition) is 5. The van der Waals surface area contributed by atoms with Crippen LogP contribution in [0.2, 0.25) is 0 Å². The van der Waals surface area contributed by atoms with Crippen LogP contribution in [-0.4, -0.2) is 22.3 Å². The summed E-state index contributed by atoms with van der Waals surface area (Å²) in [5.74, 6) is -2.92. The Bertz CT molecular complexity index is 446. The lowest BCUT2D eigenvalue weighted by molar-refractivity contribution is 0.0373. The molecule has 0 atom stereocenters. The van der Waals surface area contributed by atoms with Crippen molar-refractivity contribution in [2.45, 2.75) is 26.6 Å². The normalized spacial score (nSPS) is 10.6. The van der Waals surface area contributed by atoms with E-state index in [0.29, 0.717) is 0 Å². The first kappa shape index (κ1) is 13.2. The number of nitrogens with two attached hydrogens (primary N) is 1. The summed E-state index contributed by atoms with van der Waals surface area (Å²) in [6, 6.07) is 1.13. The number of esters is 1. The van der Waals surface area contributed by atoms with Gasteiger partial charge in [-0.25, -0.2) is 9.18 Å². The number of phenols is 1. The van der Waals surface area contributed by atoms with Crippen LogP contribution < -0.4 is 5.73 Å². The zero-order chi connectivity index (χ0) is 13.2. The van der Waals surface area contributed by atoms with Gasteiger partial charge in [0, 0.05) is 11.3 Å². The summed E-state index contributed by atoms with van der Waals surface area (Å²) < 4.78 is 18.5.